The molecule has 0 aliphatic carbocycles. The molecule has 2 aromatic carbocycles. The molecule has 0 heterocycles. The summed E-state index contributed by atoms with van der Waals surface area (Å²) in [5.74, 6) is 0.361. The zero-order valence-corrected chi connectivity index (χ0v) is 21.1. The number of rotatable bonds is 9. The topological polar surface area (TPSA) is 58.6 Å². The molecule has 0 saturated carbocycles. The van der Waals surface area contributed by atoms with Gasteiger partial charge in [-0.3, -0.25) is 9.59 Å². The maximum Gasteiger partial charge on any atom is 0.261 e. The van der Waals surface area contributed by atoms with Gasteiger partial charge in [0.2, 0.25) is 5.91 Å². The van der Waals surface area contributed by atoms with Crippen molar-refractivity contribution in [2.45, 2.75) is 40.3 Å². The molecule has 1 N–H and O–H groups in total. The highest BCUT2D eigenvalue weighted by Crippen LogP contribution is 2.24. The molecule has 2 rings (SSSR count). The number of amides is 2. The SMILES string of the molecule is Cc1cc(OCC(=O)N(Cc2ccc(Cl)c(Cl)c2)[C@@H](C)C(=O)NCC(C)C)ccc1Br. The fourth-order valence-electron chi connectivity index (χ4n) is 2.80. The normalized spacial score (nSPS) is 11.9. The molecule has 0 aromatic heterocycles. The van der Waals surface area contributed by atoms with Gasteiger partial charge in [0.15, 0.2) is 6.61 Å². The Morgan fingerprint density at radius 1 is 1.10 bits per heavy atom. The van der Waals surface area contributed by atoms with Gasteiger partial charge < -0.3 is 15.0 Å². The van der Waals surface area contributed by atoms with Crippen molar-refractivity contribution in [2.75, 3.05) is 13.2 Å². The molecule has 2 aromatic rings. The smallest absolute Gasteiger partial charge is 0.261 e. The van der Waals surface area contributed by atoms with Gasteiger partial charge in [-0.05, 0) is 61.2 Å². The minimum absolute atomic E-state index is 0.190. The maximum atomic E-state index is 13.1. The van der Waals surface area contributed by atoms with Crippen LogP contribution in [0.1, 0.15) is 31.9 Å². The number of hydrogen-bond acceptors (Lipinski definition) is 3. The van der Waals surface area contributed by atoms with E-state index in [1.807, 2.05) is 32.9 Å². The molecule has 0 bridgehead atoms. The quantitative estimate of drug-likeness (QED) is 0.457. The second kappa shape index (κ2) is 11.7. The predicted molar refractivity (Wildman–Crippen MR) is 129 cm³/mol. The van der Waals surface area contributed by atoms with Gasteiger partial charge >= 0.3 is 0 Å². The van der Waals surface area contributed by atoms with Crippen LogP contribution in [0.4, 0.5) is 0 Å². The lowest BCUT2D eigenvalue weighted by molar-refractivity contribution is -0.142. The molecule has 0 aliphatic heterocycles. The molecule has 5 nitrogen and oxygen atoms in total. The lowest BCUT2D eigenvalue weighted by atomic mass is 10.1. The second-order valence-corrected chi connectivity index (χ2v) is 9.45. The van der Waals surface area contributed by atoms with Crippen LogP contribution in [0, 0.1) is 12.8 Å². The summed E-state index contributed by atoms with van der Waals surface area (Å²) in [4.78, 5) is 27.2. The third-order valence-electron chi connectivity index (χ3n) is 4.68. The van der Waals surface area contributed by atoms with Gasteiger partial charge in [0.1, 0.15) is 11.8 Å². The fourth-order valence-corrected chi connectivity index (χ4v) is 3.37. The van der Waals surface area contributed by atoms with E-state index in [4.69, 9.17) is 27.9 Å². The van der Waals surface area contributed by atoms with Crippen LogP contribution in [0.25, 0.3) is 0 Å². The number of hydrogen-bond donors (Lipinski definition) is 1. The van der Waals surface area contributed by atoms with Crippen molar-refractivity contribution in [1.29, 1.82) is 0 Å². The lowest BCUT2D eigenvalue weighted by Gasteiger charge is -2.29. The van der Waals surface area contributed by atoms with Crippen LogP contribution >= 0.6 is 39.1 Å². The highest BCUT2D eigenvalue weighted by Gasteiger charge is 2.26. The minimum atomic E-state index is -0.684. The van der Waals surface area contributed by atoms with E-state index in [1.54, 1.807) is 31.2 Å². The van der Waals surface area contributed by atoms with Gasteiger partial charge in [-0.15, -0.1) is 0 Å². The monoisotopic (exact) mass is 528 g/mol. The summed E-state index contributed by atoms with van der Waals surface area (Å²) in [6, 6.07) is 9.97. The zero-order valence-electron chi connectivity index (χ0n) is 18.0. The van der Waals surface area contributed by atoms with Crippen LogP contribution in [-0.4, -0.2) is 35.9 Å². The van der Waals surface area contributed by atoms with Crippen molar-refractivity contribution in [2.24, 2.45) is 5.92 Å². The van der Waals surface area contributed by atoms with Gasteiger partial charge in [-0.2, -0.15) is 0 Å². The number of halogens is 3. The maximum absolute atomic E-state index is 13.1. The Kier molecular flexibility index (Phi) is 9.66. The number of nitrogens with one attached hydrogen (secondary N) is 1. The predicted octanol–water partition coefficient (Wildman–Crippen LogP) is 5.63. The number of carbonyl (C=O) groups excluding carboxylic acids is 2. The fraction of sp³-hybridized carbons (Fsp3) is 0.391. The first-order valence-corrected chi connectivity index (χ1v) is 11.5. The summed E-state index contributed by atoms with van der Waals surface area (Å²) >= 11 is 15.6. The first kappa shape index (κ1) is 25.5. The minimum Gasteiger partial charge on any atom is -0.484 e. The Morgan fingerprint density at radius 2 is 1.81 bits per heavy atom. The van der Waals surface area contributed by atoms with E-state index in [1.165, 1.54) is 4.90 Å². The lowest BCUT2D eigenvalue weighted by Crippen LogP contribution is -2.49. The first-order valence-electron chi connectivity index (χ1n) is 9.98. The molecular weight excluding hydrogens is 503 g/mol. The summed E-state index contributed by atoms with van der Waals surface area (Å²) in [7, 11) is 0. The van der Waals surface area contributed by atoms with Gasteiger partial charge in [0.05, 0.1) is 10.0 Å². The largest absolute Gasteiger partial charge is 0.484 e. The van der Waals surface area contributed by atoms with Gasteiger partial charge in [0.25, 0.3) is 5.91 Å². The molecule has 0 aliphatic rings. The van der Waals surface area contributed by atoms with Crippen LogP contribution < -0.4 is 10.1 Å². The Labute approximate surface area is 202 Å². The number of aryl methyl sites for hydroxylation is 1. The third kappa shape index (κ3) is 7.70. The average molecular weight is 530 g/mol. The molecule has 168 valence electrons. The molecule has 2 amide bonds. The van der Waals surface area contributed by atoms with E-state index in [9.17, 15) is 9.59 Å². The Balaban J connectivity index is 2.17. The Morgan fingerprint density at radius 3 is 2.42 bits per heavy atom. The summed E-state index contributed by atoms with van der Waals surface area (Å²) in [5, 5.41) is 3.71. The summed E-state index contributed by atoms with van der Waals surface area (Å²) < 4.78 is 6.66. The Bertz CT molecular complexity index is 937. The molecule has 0 saturated heterocycles. The van der Waals surface area contributed by atoms with Gasteiger partial charge in [0, 0.05) is 17.6 Å². The molecule has 0 spiro atoms. The number of nitrogens with zero attached hydrogens (tertiary/aromatic N) is 1. The van der Waals surface area contributed by atoms with Crippen LogP contribution in [0.5, 0.6) is 5.75 Å². The van der Waals surface area contributed by atoms with Crippen LogP contribution in [0.15, 0.2) is 40.9 Å². The van der Waals surface area contributed by atoms with E-state index in [0.717, 1.165) is 15.6 Å². The molecule has 8 heteroatoms. The van der Waals surface area contributed by atoms with Crippen molar-refractivity contribution in [3.8, 4) is 5.75 Å². The summed E-state index contributed by atoms with van der Waals surface area (Å²) in [6.07, 6.45) is 0. The van der Waals surface area contributed by atoms with E-state index < -0.39 is 6.04 Å². The molecule has 0 radical (unpaired) electrons. The first-order chi connectivity index (χ1) is 14.6. The highest BCUT2D eigenvalue weighted by atomic mass is 79.9. The van der Waals surface area contributed by atoms with Crippen LogP contribution in [0.2, 0.25) is 10.0 Å². The summed E-state index contributed by atoms with van der Waals surface area (Å²) in [6.45, 7) is 8.21. The highest BCUT2D eigenvalue weighted by molar-refractivity contribution is 9.10. The average Bonchev–Trinajstić information content (AvgIpc) is 2.72. The van der Waals surface area contributed by atoms with E-state index in [0.29, 0.717) is 28.3 Å². The van der Waals surface area contributed by atoms with E-state index in [2.05, 4.69) is 21.2 Å². The van der Waals surface area contributed by atoms with Crippen LogP contribution in [-0.2, 0) is 16.1 Å². The number of ether oxygens (including phenoxy) is 1. The van der Waals surface area contributed by atoms with E-state index >= 15 is 0 Å². The molecule has 0 fully saturated rings. The summed E-state index contributed by atoms with van der Waals surface area (Å²) in [5.41, 5.74) is 1.77. The molecule has 31 heavy (non-hydrogen) atoms. The van der Waals surface area contributed by atoms with Crippen molar-refractivity contribution in [1.82, 2.24) is 10.2 Å². The molecule has 1 atom stereocenters. The number of benzene rings is 2. The van der Waals surface area contributed by atoms with Crippen molar-refractivity contribution in [3.05, 3.63) is 62.0 Å². The van der Waals surface area contributed by atoms with Gasteiger partial charge in [-0.1, -0.05) is 59.0 Å². The molecule has 0 unspecified atom stereocenters. The van der Waals surface area contributed by atoms with Crippen molar-refractivity contribution < 1.29 is 14.3 Å². The van der Waals surface area contributed by atoms with Gasteiger partial charge in [-0.25, -0.2) is 0 Å². The zero-order chi connectivity index (χ0) is 23.1. The molecular formula is C23H27BrCl2N2O3. The Hall–Kier alpha value is -1.76. The second-order valence-electron chi connectivity index (χ2n) is 7.78. The third-order valence-corrected chi connectivity index (χ3v) is 6.31. The van der Waals surface area contributed by atoms with Crippen LogP contribution in [0.3, 0.4) is 0 Å². The number of carbonyl (C=O) groups is 2. The van der Waals surface area contributed by atoms with E-state index in [-0.39, 0.29) is 25.0 Å². The standard InChI is InChI=1S/C23H27BrCl2N2O3/c1-14(2)11-27-23(30)16(4)28(12-17-5-8-20(25)21(26)10-17)22(29)13-31-18-6-7-19(24)15(3)9-18/h5-10,14,16H,11-13H2,1-4H3,(H,27,30)/t16-/m0/s1. The van der Waals surface area contributed by atoms with Crippen molar-refractivity contribution in [3.63, 3.8) is 0 Å². The van der Waals surface area contributed by atoms with Crippen molar-refractivity contribution >= 4 is 50.9 Å².